The second-order valence-electron chi connectivity index (χ2n) is 8.27. The summed E-state index contributed by atoms with van der Waals surface area (Å²) in [6.45, 7) is 9.82. The first kappa shape index (κ1) is 19.5. The normalized spacial score (nSPS) is 27.0. The summed E-state index contributed by atoms with van der Waals surface area (Å²) in [6.07, 6.45) is 3.01. The van der Waals surface area contributed by atoms with Crippen molar-refractivity contribution in [1.82, 2.24) is 10.1 Å². The van der Waals surface area contributed by atoms with Crippen LogP contribution >= 0.6 is 0 Å². The summed E-state index contributed by atoms with van der Waals surface area (Å²) >= 11 is -1.18. The number of ether oxygens (including phenoxy) is 1. The quantitative estimate of drug-likeness (QED) is 0.770. The number of nitrogens with zero attached hydrogens (tertiary/aromatic N) is 1. The number of hydrogen-bond acceptors (Lipinski definition) is 5. The lowest BCUT2D eigenvalue weighted by Crippen LogP contribution is -2.49. The first-order valence-corrected chi connectivity index (χ1v) is 10.2. The molecule has 3 unspecified atom stereocenters. The second-order valence-corrected chi connectivity index (χ2v) is 10.3. The molecule has 1 aromatic rings. The topological polar surface area (TPSA) is 68.7 Å². The fraction of sp³-hybridized carbons (Fsp3) is 0.632. The summed E-state index contributed by atoms with van der Waals surface area (Å²) in [6, 6.07) is 3.23. The molecule has 5 nitrogen and oxygen atoms in total. The van der Waals surface area contributed by atoms with Crippen molar-refractivity contribution < 1.29 is 13.7 Å². The van der Waals surface area contributed by atoms with Crippen molar-refractivity contribution in [2.24, 2.45) is 11.0 Å². The molecule has 0 bridgehead atoms. The predicted octanol–water partition coefficient (Wildman–Crippen LogP) is 2.71. The van der Waals surface area contributed by atoms with Crippen LogP contribution in [-0.4, -0.2) is 33.7 Å². The molecule has 2 N–H and O–H groups in total. The van der Waals surface area contributed by atoms with Crippen LogP contribution in [0.25, 0.3) is 0 Å². The van der Waals surface area contributed by atoms with Gasteiger partial charge in [0.15, 0.2) is 0 Å². The van der Waals surface area contributed by atoms with E-state index < -0.39 is 11.4 Å². The Morgan fingerprint density at radius 3 is 2.81 bits per heavy atom. The summed E-state index contributed by atoms with van der Waals surface area (Å²) in [5, 5.41) is 4.10. The third-order valence-corrected chi connectivity index (χ3v) is 6.64. The molecule has 2 aliphatic heterocycles. The predicted molar refractivity (Wildman–Crippen MR) is 103 cm³/mol. The first-order valence-electron chi connectivity index (χ1n) is 9.10. The van der Waals surface area contributed by atoms with Crippen LogP contribution in [0.3, 0.4) is 0 Å². The third-order valence-electron chi connectivity index (χ3n) is 4.95. The summed E-state index contributed by atoms with van der Waals surface area (Å²) < 4.78 is 35.4. The molecular weight excluding hydrogens is 353 g/mol. The number of nitrogens with one attached hydrogen (secondary N) is 2. The highest BCUT2D eigenvalue weighted by molar-refractivity contribution is 7.90. The second kappa shape index (κ2) is 7.37. The van der Waals surface area contributed by atoms with Gasteiger partial charge in [0.25, 0.3) is 0 Å². The molecule has 0 radical (unpaired) electrons. The van der Waals surface area contributed by atoms with Gasteiger partial charge in [-0.15, -0.1) is 4.72 Å². The molecule has 0 saturated heterocycles. The standard InChI is InChI=1S/C19H28FN3O2S/c1-11-15(10-21-22-11)6-13-7-16(20)8-14-9-17(25-18(13)14)12(2)23-26(24)19(3,4)5/h7-8,10-12,15,17,22-23H,6,9H2,1-5H3/t11-,12?,15?,17?,26-/m1/s1. The van der Waals surface area contributed by atoms with Gasteiger partial charge in [0.1, 0.15) is 22.4 Å². The van der Waals surface area contributed by atoms with Crippen LogP contribution in [0.5, 0.6) is 5.75 Å². The van der Waals surface area contributed by atoms with E-state index in [4.69, 9.17) is 4.74 Å². The number of halogens is 1. The minimum absolute atomic E-state index is 0.105. The highest BCUT2D eigenvalue weighted by atomic mass is 32.2. The zero-order valence-corrected chi connectivity index (χ0v) is 16.8. The van der Waals surface area contributed by atoms with Crippen molar-refractivity contribution in [1.29, 1.82) is 0 Å². The molecular formula is C19H28FN3O2S. The van der Waals surface area contributed by atoms with Gasteiger partial charge in [-0.1, -0.05) is 0 Å². The van der Waals surface area contributed by atoms with E-state index in [1.54, 1.807) is 12.1 Å². The maximum Gasteiger partial charge on any atom is 0.136 e. The average Bonchev–Trinajstić information content (AvgIpc) is 3.13. The lowest BCUT2D eigenvalue weighted by Gasteiger charge is -2.28. The molecule has 1 aromatic carbocycles. The number of fused-ring (bicyclic) bond motifs is 1. The number of rotatable bonds is 5. The Bertz CT molecular complexity index is 692. The lowest BCUT2D eigenvalue weighted by atomic mass is 9.93. The van der Waals surface area contributed by atoms with Crippen LogP contribution in [0.4, 0.5) is 4.39 Å². The van der Waals surface area contributed by atoms with Crippen molar-refractivity contribution >= 4 is 17.6 Å². The average molecular weight is 382 g/mol. The Morgan fingerprint density at radius 1 is 1.46 bits per heavy atom. The van der Waals surface area contributed by atoms with Crippen molar-refractivity contribution in [3.05, 3.63) is 29.1 Å². The highest BCUT2D eigenvalue weighted by Crippen LogP contribution is 2.36. The molecule has 2 heterocycles. The summed E-state index contributed by atoms with van der Waals surface area (Å²) in [5.74, 6) is 0.754. The molecule has 7 heteroatoms. The largest absolute Gasteiger partial charge is 0.598 e. The fourth-order valence-corrected chi connectivity index (χ4v) is 4.08. The summed E-state index contributed by atoms with van der Waals surface area (Å²) in [4.78, 5) is 0. The van der Waals surface area contributed by atoms with Crippen molar-refractivity contribution in [3.63, 3.8) is 0 Å². The Balaban J connectivity index is 1.73. The molecule has 26 heavy (non-hydrogen) atoms. The Kier molecular flexibility index (Phi) is 5.51. The van der Waals surface area contributed by atoms with Crippen molar-refractivity contribution in [2.45, 2.75) is 70.4 Å². The van der Waals surface area contributed by atoms with Gasteiger partial charge in [0, 0.05) is 41.5 Å². The molecule has 0 amide bonds. The molecule has 0 aromatic heterocycles. The number of hydrazone groups is 1. The van der Waals surface area contributed by atoms with Crippen molar-refractivity contribution in [3.8, 4) is 5.75 Å². The van der Waals surface area contributed by atoms with Gasteiger partial charge in [0.05, 0.1) is 6.04 Å². The third kappa shape index (κ3) is 4.15. The van der Waals surface area contributed by atoms with E-state index in [0.29, 0.717) is 12.8 Å². The van der Waals surface area contributed by atoms with Gasteiger partial charge in [-0.05, 0) is 58.7 Å². The smallest absolute Gasteiger partial charge is 0.136 e. The molecule has 2 aliphatic rings. The Labute approximate surface area is 158 Å². The molecule has 3 rings (SSSR count). The van der Waals surface area contributed by atoms with Crippen LogP contribution in [0.2, 0.25) is 0 Å². The summed E-state index contributed by atoms with van der Waals surface area (Å²) in [7, 11) is 0. The van der Waals surface area contributed by atoms with Crippen LogP contribution in [0.15, 0.2) is 17.2 Å². The van der Waals surface area contributed by atoms with E-state index >= 15 is 0 Å². The van der Waals surface area contributed by atoms with Gasteiger partial charge < -0.3 is 14.7 Å². The number of hydrogen-bond donors (Lipinski definition) is 2. The molecule has 0 fully saturated rings. The van der Waals surface area contributed by atoms with E-state index in [9.17, 15) is 8.94 Å². The maximum absolute atomic E-state index is 14.1. The monoisotopic (exact) mass is 381 g/mol. The zero-order chi connectivity index (χ0) is 19.1. The van der Waals surface area contributed by atoms with Crippen LogP contribution < -0.4 is 14.9 Å². The van der Waals surface area contributed by atoms with E-state index in [2.05, 4.69) is 22.2 Å². The molecule has 0 saturated carbocycles. The van der Waals surface area contributed by atoms with Gasteiger partial charge in [-0.2, -0.15) is 5.10 Å². The minimum Gasteiger partial charge on any atom is -0.598 e. The van der Waals surface area contributed by atoms with Crippen LogP contribution in [0, 0.1) is 11.7 Å². The maximum atomic E-state index is 14.1. The summed E-state index contributed by atoms with van der Waals surface area (Å²) in [5.41, 5.74) is 4.78. The van der Waals surface area contributed by atoms with Crippen molar-refractivity contribution in [2.75, 3.05) is 0 Å². The highest BCUT2D eigenvalue weighted by Gasteiger charge is 2.36. The molecule has 5 atom stereocenters. The molecule has 0 spiro atoms. The van der Waals surface area contributed by atoms with Crippen LogP contribution in [-0.2, 0) is 24.2 Å². The van der Waals surface area contributed by atoms with Crippen LogP contribution in [0.1, 0.15) is 45.7 Å². The van der Waals surface area contributed by atoms with Gasteiger partial charge >= 0.3 is 0 Å². The first-order chi connectivity index (χ1) is 12.1. The SMILES string of the molecule is CC(N[S@+]([O-])C(C)(C)C)C1Cc2cc(F)cc(CC3C=NN[C@@H]3C)c2O1. The van der Waals surface area contributed by atoms with Gasteiger partial charge in [-0.3, -0.25) is 0 Å². The van der Waals surface area contributed by atoms with Gasteiger partial charge in [-0.25, -0.2) is 4.39 Å². The van der Waals surface area contributed by atoms with E-state index in [0.717, 1.165) is 16.9 Å². The lowest BCUT2D eigenvalue weighted by molar-refractivity contribution is 0.196. The van der Waals surface area contributed by atoms with Gasteiger partial charge in [0.2, 0.25) is 0 Å². The molecule has 144 valence electrons. The Morgan fingerprint density at radius 2 is 2.19 bits per heavy atom. The Hall–Kier alpha value is -1.31. The zero-order valence-electron chi connectivity index (χ0n) is 16.0. The van der Waals surface area contributed by atoms with E-state index in [-0.39, 0.29) is 34.7 Å². The van der Waals surface area contributed by atoms with E-state index in [1.807, 2.05) is 33.9 Å². The van der Waals surface area contributed by atoms with E-state index in [1.165, 1.54) is 0 Å². The minimum atomic E-state index is -1.18. The number of benzene rings is 1. The molecule has 0 aliphatic carbocycles. The fourth-order valence-electron chi connectivity index (χ4n) is 3.24.